The molecule has 0 aromatic rings. The molecule has 13 heavy (non-hydrogen) atoms. The van der Waals surface area contributed by atoms with E-state index in [9.17, 15) is 5.11 Å². The van der Waals surface area contributed by atoms with Gasteiger partial charge in [0.05, 0.1) is 6.61 Å². The molecule has 0 bridgehead atoms. The molecule has 3 heteroatoms. The average molecular weight is 185 g/mol. The largest absolute Gasteiger partial charge is 0.386 e. The first-order valence-electron chi connectivity index (χ1n) is 5.24. The van der Waals surface area contributed by atoms with Crippen LogP contribution in [0.3, 0.4) is 0 Å². The highest BCUT2D eigenvalue weighted by Gasteiger charge is 2.37. The van der Waals surface area contributed by atoms with E-state index in [1.165, 1.54) is 19.5 Å². The summed E-state index contributed by atoms with van der Waals surface area (Å²) in [6, 6.07) is 0. The lowest BCUT2D eigenvalue weighted by atomic mass is 9.93. The van der Waals surface area contributed by atoms with E-state index < -0.39 is 5.60 Å². The monoisotopic (exact) mass is 185 g/mol. The quantitative estimate of drug-likeness (QED) is 0.694. The highest BCUT2D eigenvalue weighted by molar-refractivity contribution is 4.90. The Bertz CT molecular complexity index is 172. The van der Waals surface area contributed by atoms with E-state index in [0.29, 0.717) is 6.61 Å². The number of likely N-dealkylation sites (tertiary alicyclic amines) is 1. The van der Waals surface area contributed by atoms with Crippen LogP contribution in [0.4, 0.5) is 0 Å². The molecular weight excluding hydrogens is 166 g/mol. The van der Waals surface area contributed by atoms with Gasteiger partial charge in [-0.3, -0.25) is 4.90 Å². The zero-order valence-electron chi connectivity index (χ0n) is 8.33. The third kappa shape index (κ3) is 2.03. The van der Waals surface area contributed by atoms with Crippen molar-refractivity contribution < 1.29 is 9.84 Å². The number of rotatable bonds is 3. The molecule has 2 aliphatic heterocycles. The van der Waals surface area contributed by atoms with Crippen LogP contribution in [-0.2, 0) is 4.74 Å². The Kier molecular flexibility index (Phi) is 2.58. The van der Waals surface area contributed by atoms with Crippen LogP contribution >= 0.6 is 0 Å². The fourth-order valence-corrected chi connectivity index (χ4v) is 2.20. The molecule has 2 rings (SSSR count). The van der Waals surface area contributed by atoms with Gasteiger partial charge in [0.2, 0.25) is 0 Å². The van der Waals surface area contributed by atoms with Crippen LogP contribution in [-0.4, -0.2) is 48.5 Å². The van der Waals surface area contributed by atoms with Crippen molar-refractivity contribution in [2.24, 2.45) is 5.92 Å². The summed E-state index contributed by atoms with van der Waals surface area (Å²) in [6.45, 7) is 6.62. The predicted octanol–water partition coefficient (Wildman–Crippen LogP) is 0.480. The summed E-state index contributed by atoms with van der Waals surface area (Å²) >= 11 is 0. The van der Waals surface area contributed by atoms with Crippen molar-refractivity contribution in [1.82, 2.24) is 4.90 Å². The van der Waals surface area contributed by atoms with Crippen LogP contribution in [0.25, 0.3) is 0 Å². The van der Waals surface area contributed by atoms with Gasteiger partial charge in [0, 0.05) is 32.7 Å². The van der Waals surface area contributed by atoms with Crippen LogP contribution in [0.5, 0.6) is 0 Å². The van der Waals surface area contributed by atoms with Gasteiger partial charge in [-0.05, 0) is 5.92 Å². The SMILES string of the molecule is CCC1CN(CC2(O)CCOC2)C1. The summed E-state index contributed by atoms with van der Waals surface area (Å²) in [4.78, 5) is 2.34. The fraction of sp³-hybridized carbons (Fsp3) is 1.00. The summed E-state index contributed by atoms with van der Waals surface area (Å²) in [5, 5.41) is 10.0. The van der Waals surface area contributed by atoms with Crippen molar-refractivity contribution in [2.45, 2.75) is 25.4 Å². The molecule has 0 amide bonds. The maximum Gasteiger partial charge on any atom is 0.103 e. The molecule has 0 saturated carbocycles. The molecule has 0 spiro atoms. The zero-order valence-corrected chi connectivity index (χ0v) is 8.33. The maximum atomic E-state index is 10.0. The van der Waals surface area contributed by atoms with Crippen molar-refractivity contribution >= 4 is 0 Å². The maximum absolute atomic E-state index is 10.0. The lowest BCUT2D eigenvalue weighted by molar-refractivity contribution is -0.0353. The molecule has 0 aromatic heterocycles. The number of hydrogen-bond donors (Lipinski definition) is 1. The second kappa shape index (κ2) is 3.56. The molecule has 0 radical (unpaired) electrons. The molecule has 0 aliphatic carbocycles. The number of ether oxygens (including phenoxy) is 1. The van der Waals surface area contributed by atoms with Crippen LogP contribution < -0.4 is 0 Å². The van der Waals surface area contributed by atoms with Gasteiger partial charge in [-0.2, -0.15) is 0 Å². The van der Waals surface area contributed by atoms with Crippen molar-refractivity contribution in [3.63, 3.8) is 0 Å². The molecule has 1 unspecified atom stereocenters. The Balaban J connectivity index is 1.73. The highest BCUT2D eigenvalue weighted by atomic mass is 16.5. The molecule has 2 aliphatic rings. The van der Waals surface area contributed by atoms with Crippen molar-refractivity contribution in [3.8, 4) is 0 Å². The summed E-state index contributed by atoms with van der Waals surface area (Å²) in [5.41, 5.74) is -0.543. The van der Waals surface area contributed by atoms with Gasteiger partial charge in [0.25, 0.3) is 0 Å². The van der Waals surface area contributed by atoms with Gasteiger partial charge >= 0.3 is 0 Å². The summed E-state index contributed by atoms with van der Waals surface area (Å²) in [5.74, 6) is 0.867. The van der Waals surface area contributed by atoms with E-state index >= 15 is 0 Å². The molecule has 2 heterocycles. The molecule has 2 saturated heterocycles. The standard InChI is InChI=1S/C10H19NO2/c1-2-9-5-11(6-9)7-10(12)3-4-13-8-10/h9,12H,2-8H2,1H3. The summed E-state index contributed by atoms with van der Waals surface area (Å²) in [6.07, 6.45) is 2.08. The van der Waals surface area contributed by atoms with E-state index in [1.54, 1.807) is 0 Å². The Morgan fingerprint density at radius 1 is 1.54 bits per heavy atom. The minimum atomic E-state index is -0.543. The first-order valence-corrected chi connectivity index (χ1v) is 5.24. The van der Waals surface area contributed by atoms with Crippen LogP contribution in [0.15, 0.2) is 0 Å². The number of β-amino-alcohol motifs (C(OH)–C–C–N with tert-alkyl or cyclic N) is 1. The second-order valence-corrected chi connectivity index (χ2v) is 4.50. The molecule has 76 valence electrons. The Morgan fingerprint density at radius 3 is 2.85 bits per heavy atom. The lowest BCUT2D eigenvalue weighted by Gasteiger charge is -2.42. The topological polar surface area (TPSA) is 32.7 Å². The van der Waals surface area contributed by atoms with Gasteiger partial charge in [-0.1, -0.05) is 13.3 Å². The van der Waals surface area contributed by atoms with Crippen molar-refractivity contribution in [2.75, 3.05) is 32.8 Å². The lowest BCUT2D eigenvalue weighted by Crippen LogP contribution is -2.53. The Hall–Kier alpha value is -0.120. The minimum Gasteiger partial charge on any atom is -0.386 e. The Morgan fingerprint density at radius 2 is 2.31 bits per heavy atom. The van der Waals surface area contributed by atoms with Gasteiger partial charge in [0.15, 0.2) is 0 Å². The number of hydrogen-bond acceptors (Lipinski definition) is 3. The number of nitrogens with zero attached hydrogens (tertiary/aromatic N) is 1. The van der Waals surface area contributed by atoms with Crippen LogP contribution in [0, 0.1) is 5.92 Å². The predicted molar refractivity (Wildman–Crippen MR) is 50.6 cm³/mol. The molecular formula is C10H19NO2. The first-order chi connectivity index (χ1) is 6.22. The van der Waals surface area contributed by atoms with Crippen molar-refractivity contribution in [3.05, 3.63) is 0 Å². The zero-order chi connectivity index (χ0) is 9.31. The Labute approximate surface area is 79.7 Å². The van der Waals surface area contributed by atoms with Crippen LogP contribution in [0.1, 0.15) is 19.8 Å². The van der Waals surface area contributed by atoms with Crippen molar-refractivity contribution in [1.29, 1.82) is 0 Å². The first kappa shape index (κ1) is 9.44. The van der Waals surface area contributed by atoms with E-state index in [0.717, 1.165) is 25.5 Å². The third-order valence-electron chi connectivity index (χ3n) is 3.21. The van der Waals surface area contributed by atoms with E-state index in [1.807, 2.05) is 0 Å². The molecule has 2 fully saturated rings. The second-order valence-electron chi connectivity index (χ2n) is 4.50. The van der Waals surface area contributed by atoms with E-state index in [-0.39, 0.29) is 0 Å². The summed E-state index contributed by atoms with van der Waals surface area (Å²) < 4.78 is 5.21. The molecule has 0 aromatic carbocycles. The minimum absolute atomic E-state index is 0.528. The van der Waals surface area contributed by atoms with Gasteiger partial charge < -0.3 is 9.84 Å². The van der Waals surface area contributed by atoms with Gasteiger partial charge in [-0.15, -0.1) is 0 Å². The smallest absolute Gasteiger partial charge is 0.103 e. The van der Waals surface area contributed by atoms with Crippen LogP contribution in [0.2, 0.25) is 0 Å². The number of aliphatic hydroxyl groups is 1. The third-order valence-corrected chi connectivity index (χ3v) is 3.21. The molecule has 1 atom stereocenters. The highest BCUT2D eigenvalue weighted by Crippen LogP contribution is 2.25. The van der Waals surface area contributed by atoms with Gasteiger partial charge in [0.1, 0.15) is 5.60 Å². The fourth-order valence-electron chi connectivity index (χ4n) is 2.20. The summed E-state index contributed by atoms with van der Waals surface area (Å²) in [7, 11) is 0. The molecule has 3 nitrogen and oxygen atoms in total. The van der Waals surface area contributed by atoms with E-state index in [2.05, 4.69) is 11.8 Å². The van der Waals surface area contributed by atoms with E-state index in [4.69, 9.17) is 4.74 Å². The normalized spacial score (nSPS) is 36.5. The molecule has 1 N–H and O–H groups in total. The average Bonchev–Trinajstić information content (AvgIpc) is 2.44. The van der Waals surface area contributed by atoms with Gasteiger partial charge in [-0.25, -0.2) is 0 Å².